The highest BCUT2D eigenvalue weighted by Gasteiger charge is 2.15. The Kier molecular flexibility index (Phi) is 5.70. The second-order valence-corrected chi connectivity index (χ2v) is 13.4. The first-order valence-corrected chi connectivity index (χ1v) is 17.3. The summed E-state index contributed by atoms with van der Waals surface area (Å²) in [6.45, 7) is 0. The molecule has 232 valence electrons. The summed E-state index contributed by atoms with van der Waals surface area (Å²) in [5, 5.41) is 12.7. The van der Waals surface area contributed by atoms with Crippen LogP contribution in [0.3, 0.4) is 0 Å². The summed E-state index contributed by atoms with van der Waals surface area (Å²) in [6.07, 6.45) is 0. The SMILES string of the molecule is c1ccc(-n2c3ccccc3c3cc4c(ccc5cc(-c6ccc7cc(-n8c9ccccc9c9ccccc98)ccc7c6)ccc54)cc32)cc1. The molecule has 0 atom stereocenters. The van der Waals surface area contributed by atoms with Gasteiger partial charge in [-0.05, 0) is 110 Å². The highest BCUT2D eigenvalue weighted by molar-refractivity contribution is 6.18. The Morgan fingerprint density at radius 2 is 0.740 bits per heavy atom. The zero-order valence-corrected chi connectivity index (χ0v) is 27.2. The van der Waals surface area contributed by atoms with Crippen LogP contribution in [0, 0.1) is 0 Å². The minimum Gasteiger partial charge on any atom is -0.309 e. The second kappa shape index (κ2) is 10.4. The van der Waals surface area contributed by atoms with E-state index in [1.54, 1.807) is 0 Å². The molecule has 0 fully saturated rings. The van der Waals surface area contributed by atoms with Crippen LogP contribution in [0.5, 0.6) is 0 Å². The second-order valence-electron chi connectivity index (χ2n) is 13.4. The molecule has 0 aliphatic heterocycles. The Hall–Kier alpha value is -6.64. The van der Waals surface area contributed by atoms with E-state index in [-0.39, 0.29) is 0 Å². The van der Waals surface area contributed by atoms with Gasteiger partial charge in [-0.3, -0.25) is 0 Å². The van der Waals surface area contributed by atoms with Gasteiger partial charge in [-0.2, -0.15) is 0 Å². The molecule has 11 rings (SSSR count). The quantitative estimate of drug-likeness (QED) is 0.171. The number of aromatic nitrogens is 2. The number of rotatable bonds is 3. The summed E-state index contributed by atoms with van der Waals surface area (Å²) >= 11 is 0. The van der Waals surface area contributed by atoms with Crippen molar-refractivity contribution in [2.75, 3.05) is 0 Å². The third-order valence-corrected chi connectivity index (χ3v) is 10.6. The molecule has 11 aromatic rings. The van der Waals surface area contributed by atoms with Gasteiger partial charge in [0.05, 0.1) is 22.1 Å². The smallest absolute Gasteiger partial charge is 0.0547 e. The van der Waals surface area contributed by atoms with Crippen molar-refractivity contribution in [1.82, 2.24) is 9.13 Å². The summed E-state index contributed by atoms with van der Waals surface area (Å²) in [5.74, 6) is 0. The van der Waals surface area contributed by atoms with E-state index in [0.29, 0.717) is 0 Å². The Labute approximate surface area is 288 Å². The van der Waals surface area contributed by atoms with Crippen LogP contribution in [-0.4, -0.2) is 9.13 Å². The predicted octanol–water partition coefficient (Wildman–Crippen LogP) is 13.0. The molecule has 0 bridgehead atoms. The number of para-hydroxylation sites is 4. The van der Waals surface area contributed by atoms with Gasteiger partial charge in [0, 0.05) is 32.9 Å². The maximum absolute atomic E-state index is 2.40. The summed E-state index contributed by atoms with van der Waals surface area (Å²) in [4.78, 5) is 0. The fourth-order valence-corrected chi connectivity index (χ4v) is 8.32. The predicted molar refractivity (Wildman–Crippen MR) is 213 cm³/mol. The molecule has 0 unspecified atom stereocenters. The molecule has 0 N–H and O–H groups in total. The summed E-state index contributed by atoms with van der Waals surface area (Å²) in [7, 11) is 0. The van der Waals surface area contributed by atoms with Gasteiger partial charge in [-0.1, -0.05) is 115 Å². The van der Waals surface area contributed by atoms with Gasteiger partial charge >= 0.3 is 0 Å². The van der Waals surface area contributed by atoms with Crippen LogP contribution in [-0.2, 0) is 0 Å². The maximum atomic E-state index is 2.40. The van der Waals surface area contributed by atoms with Crippen LogP contribution in [0.15, 0.2) is 182 Å². The molecule has 50 heavy (non-hydrogen) atoms. The van der Waals surface area contributed by atoms with E-state index in [2.05, 4.69) is 191 Å². The van der Waals surface area contributed by atoms with Crippen LogP contribution in [0.25, 0.3) is 98.4 Å². The Bertz CT molecular complexity index is 3090. The number of fused-ring (bicyclic) bond motifs is 10. The highest BCUT2D eigenvalue weighted by Crippen LogP contribution is 2.39. The molecule has 0 saturated heterocycles. The van der Waals surface area contributed by atoms with Crippen LogP contribution in [0.1, 0.15) is 0 Å². The van der Waals surface area contributed by atoms with Gasteiger partial charge < -0.3 is 9.13 Å². The van der Waals surface area contributed by atoms with E-state index >= 15 is 0 Å². The topological polar surface area (TPSA) is 9.86 Å². The Balaban J connectivity index is 1.02. The molecule has 2 heteroatoms. The van der Waals surface area contributed by atoms with Gasteiger partial charge in [0.25, 0.3) is 0 Å². The normalized spacial score (nSPS) is 12.0. The highest BCUT2D eigenvalue weighted by atomic mass is 15.0. The van der Waals surface area contributed by atoms with Crippen LogP contribution >= 0.6 is 0 Å². The largest absolute Gasteiger partial charge is 0.309 e. The molecule has 0 amide bonds. The van der Waals surface area contributed by atoms with E-state index in [0.717, 1.165) is 0 Å². The molecule has 0 radical (unpaired) electrons. The molecule has 0 aliphatic rings. The van der Waals surface area contributed by atoms with Crippen molar-refractivity contribution in [1.29, 1.82) is 0 Å². The average Bonchev–Trinajstić information content (AvgIpc) is 3.69. The van der Waals surface area contributed by atoms with Gasteiger partial charge in [0.1, 0.15) is 0 Å². The van der Waals surface area contributed by atoms with Gasteiger partial charge in [-0.15, -0.1) is 0 Å². The zero-order valence-electron chi connectivity index (χ0n) is 27.2. The Morgan fingerprint density at radius 1 is 0.240 bits per heavy atom. The maximum Gasteiger partial charge on any atom is 0.0547 e. The zero-order chi connectivity index (χ0) is 32.8. The van der Waals surface area contributed by atoms with Crippen molar-refractivity contribution < 1.29 is 0 Å². The molecule has 0 aliphatic carbocycles. The summed E-state index contributed by atoms with van der Waals surface area (Å²) in [6, 6.07) is 66.8. The van der Waals surface area contributed by atoms with Crippen molar-refractivity contribution in [3.8, 4) is 22.5 Å². The standard InChI is InChI=1S/C48H30N2/c1-2-10-37(11-3-1)49-47-17-9-6-14-42(47)44-30-43-36(29-48(44)49)21-20-35-27-33(23-25-39(35)43)31-18-19-34-28-38(24-22-32(34)26-31)50-45-15-7-4-12-40(45)41-13-5-8-16-46(41)50/h1-30H. The van der Waals surface area contributed by atoms with Crippen molar-refractivity contribution in [2.45, 2.75) is 0 Å². The van der Waals surface area contributed by atoms with E-state index in [1.807, 2.05) is 0 Å². The van der Waals surface area contributed by atoms with Gasteiger partial charge in [-0.25, -0.2) is 0 Å². The minimum absolute atomic E-state index is 1.18. The van der Waals surface area contributed by atoms with Gasteiger partial charge in [0.2, 0.25) is 0 Å². The molecule has 2 heterocycles. The van der Waals surface area contributed by atoms with Gasteiger partial charge in [0.15, 0.2) is 0 Å². The van der Waals surface area contributed by atoms with Crippen molar-refractivity contribution in [3.63, 3.8) is 0 Å². The minimum atomic E-state index is 1.18. The lowest BCUT2D eigenvalue weighted by Crippen LogP contribution is -1.93. The fraction of sp³-hybridized carbons (Fsp3) is 0. The first-order chi connectivity index (χ1) is 24.8. The van der Waals surface area contributed by atoms with Crippen molar-refractivity contribution in [3.05, 3.63) is 182 Å². The lowest BCUT2D eigenvalue weighted by atomic mass is 9.95. The fourth-order valence-electron chi connectivity index (χ4n) is 8.32. The number of benzene rings is 9. The Morgan fingerprint density at radius 3 is 1.44 bits per heavy atom. The van der Waals surface area contributed by atoms with E-state index < -0.39 is 0 Å². The monoisotopic (exact) mass is 634 g/mol. The lowest BCUT2D eigenvalue weighted by Gasteiger charge is -2.12. The van der Waals surface area contributed by atoms with Crippen LogP contribution < -0.4 is 0 Å². The summed E-state index contributed by atoms with van der Waals surface area (Å²) < 4.78 is 4.78. The summed E-state index contributed by atoms with van der Waals surface area (Å²) in [5.41, 5.74) is 9.75. The third kappa shape index (κ3) is 3.96. The molecule has 2 nitrogen and oxygen atoms in total. The lowest BCUT2D eigenvalue weighted by molar-refractivity contribution is 1.18. The van der Waals surface area contributed by atoms with E-state index in [9.17, 15) is 0 Å². The molecular weight excluding hydrogens is 605 g/mol. The molecule has 0 saturated carbocycles. The van der Waals surface area contributed by atoms with E-state index in [4.69, 9.17) is 0 Å². The molecule has 0 spiro atoms. The van der Waals surface area contributed by atoms with Crippen LogP contribution in [0.4, 0.5) is 0 Å². The molecular formula is C48H30N2. The van der Waals surface area contributed by atoms with E-state index in [1.165, 1.54) is 98.4 Å². The van der Waals surface area contributed by atoms with Crippen molar-refractivity contribution >= 4 is 75.9 Å². The number of hydrogen-bond donors (Lipinski definition) is 0. The first-order valence-electron chi connectivity index (χ1n) is 17.3. The third-order valence-electron chi connectivity index (χ3n) is 10.6. The molecule has 2 aromatic heterocycles. The number of nitrogens with zero attached hydrogens (tertiary/aromatic N) is 2. The number of hydrogen-bond acceptors (Lipinski definition) is 0. The van der Waals surface area contributed by atoms with Crippen molar-refractivity contribution in [2.24, 2.45) is 0 Å². The molecule has 9 aromatic carbocycles. The van der Waals surface area contributed by atoms with Crippen LogP contribution in [0.2, 0.25) is 0 Å². The first kappa shape index (κ1) is 27.3. The average molecular weight is 635 g/mol.